The highest BCUT2D eigenvalue weighted by Gasteiger charge is 2.39. The van der Waals surface area contributed by atoms with Crippen molar-refractivity contribution in [1.29, 1.82) is 0 Å². The number of carboxylic acid groups (broad SMARTS) is 1. The summed E-state index contributed by atoms with van der Waals surface area (Å²) in [7, 11) is 0. The lowest BCUT2D eigenvalue weighted by Crippen LogP contribution is -2.35. The van der Waals surface area contributed by atoms with Crippen LogP contribution in [0.2, 0.25) is 0 Å². The molecule has 0 unspecified atom stereocenters. The summed E-state index contributed by atoms with van der Waals surface area (Å²) in [4.78, 5) is 10.9. The van der Waals surface area contributed by atoms with E-state index in [1.165, 1.54) is 64.2 Å². The van der Waals surface area contributed by atoms with Gasteiger partial charge < -0.3 is 5.11 Å². The maximum atomic E-state index is 10.9. The number of carbonyl (C=O) groups is 1. The van der Waals surface area contributed by atoms with Crippen molar-refractivity contribution in [3.8, 4) is 0 Å². The summed E-state index contributed by atoms with van der Waals surface area (Å²) in [5.74, 6) is 0.224. The van der Waals surface area contributed by atoms with E-state index in [0.29, 0.717) is 11.8 Å². The monoisotopic (exact) mass is 238 g/mol. The molecule has 2 fully saturated rings. The third-order valence-corrected chi connectivity index (χ3v) is 5.16. The Hall–Kier alpha value is -0.530. The normalized spacial score (nSPS) is 25.6. The van der Waals surface area contributed by atoms with Crippen molar-refractivity contribution >= 4 is 5.97 Å². The van der Waals surface area contributed by atoms with Gasteiger partial charge in [0, 0.05) is 6.42 Å². The molecule has 17 heavy (non-hydrogen) atoms. The predicted molar refractivity (Wildman–Crippen MR) is 69.0 cm³/mol. The van der Waals surface area contributed by atoms with E-state index < -0.39 is 5.97 Å². The van der Waals surface area contributed by atoms with E-state index >= 15 is 0 Å². The Bertz CT molecular complexity index is 248. The Morgan fingerprint density at radius 2 is 1.59 bits per heavy atom. The van der Waals surface area contributed by atoms with Crippen LogP contribution in [0, 0.1) is 11.3 Å². The first-order chi connectivity index (χ1) is 8.23. The SMILES string of the molecule is O=C(O)CCC1(C2CCCCC2)CCCCC1. The average molecular weight is 238 g/mol. The van der Waals surface area contributed by atoms with Crippen molar-refractivity contribution in [2.75, 3.05) is 0 Å². The molecular weight excluding hydrogens is 212 g/mol. The van der Waals surface area contributed by atoms with E-state index in [2.05, 4.69) is 0 Å². The van der Waals surface area contributed by atoms with Crippen LogP contribution in [-0.2, 0) is 4.79 Å². The van der Waals surface area contributed by atoms with E-state index in [1.54, 1.807) is 0 Å². The molecule has 2 heteroatoms. The highest BCUT2D eigenvalue weighted by Crippen LogP contribution is 2.51. The lowest BCUT2D eigenvalue weighted by molar-refractivity contribution is -0.138. The first-order valence-corrected chi connectivity index (χ1v) is 7.45. The quantitative estimate of drug-likeness (QED) is 0.789. The Balaban J connectivity index is 2.01. The molecule has 2 nitrogen and oxygen atoms in total. The number of hydrogen-bond donors (Lipinski definition) is 1. The standard InChI is InChI=1S/C15H26O2/c16-14(17)9-12-15(10-5-2-6-11-15)13-7-3-1-4-8-13/h13H,1-12H2,(H,16,17). The Morgan fingerprint density at radius 1 is 1.00 bits per heavy atom. The molecule has 0 aromatic carbocycles. The Kier molecular flexibility index (Phi) is 4.47. The van der Waals surface area contributed by atoms with E-state index in [9.17, 15) is 4.79 Å². The topological polar surface area (TPSA) is 37.3 Å². The molecule has 98 valence electrons. The van der Waals surface area contributed by atoms with E-state index in [4.69, 9.17) is 5.11 Å². The maximum Gasteiger partial charge on any atom is 0.303 e. The third-order valence-electron chi connectivity index (χ3n) is 5.16. The predicted octanol–water partition coefficient (Wildman–Crippen LogP) is 4.38. The molecule has 0 bridgehead atoms. The number of rotatable bonds is 4. The molecule has 0 heterocycles. The highest BCUT2D eigenvalue weighted by atomic mass is 16.4. The molecule has 2 aliphatic rings. The molecule has 0 aromatic heterocycles. The molecule has 0 radical (unpaired) electrons. The fourth-order valence-corrected chi connectivity index (χ4v) is 4.19. The molecule has 0 atom stereocenters. The fourth-order valence-electron chi connectivity index (χ4n) is 4.19. The minimum atomic E-state index is -0.606. The lowest BCUT2D eigenvalue weighted by atomic mass is 9.60. The zero-order valence-corrected chi connectivity index (χ0v) is 10.9. The Labute approximate surface area is 105 Å². The van der Waals surface area contributed by atoms with Gasteiger partial charge in [-0.3, -0.25) is 4.79 Å². The summed E-state index contributed by atoms with van der Waals surface area (Å²) in [6.45, 7) is 0. The molecular formula is C15H26O2. The van der Waals surface area contributed by atoms with E-state index in [0.717, 1.165) is 12.3 Å². The van der Waals surface area contributed by atoms with Crippen LogP contribution < -0.4 is 0 Å². The maximum absolute atomic E-state index is 10.9. The van der Waals surface area contributed by atoms with Gasteiger partial charge in [0.2, 0.25) is 0 Å². The van der Waals surface area contributed by atoms with Gasteiger partial charge in [-0.25, -0.2) is 0 Å². The van der Waals surface area contributed by atoms with Gasteiger partial charge in [0.05, 0.1) is 0 Å². The van der Waals surface area contributed by atoms with Crippen LogP contribution in [0.25, 0.3) is 0 Å². The first-order valence-electron chi connectivity index (χ1n) is 7.45. The molecule has 0 amide bonds. The third kappa shape index (κ3) is 3.23. The van der Waals surface area contributed by atoms with Crippen molar-refractivity contribution in [3.05, 3.63) is 0 Å². The van der Waals surface area contributed by atoms with Crippen molar-refractivity contribution in [2.24, 2.45) is 11.3 Å². The van der Waals surface area contributed by atoms with Crippen LogP contribution in [0.1, 0.15) is 77.0 Å². The van der Waals surface area contributed by atoms with Crippen LogP contribution in [0.15, 0.2) is 0 Å². The van der Waals surface area contributed by atoms with Crippen LogP contribution >= 0.6 is 0 Å². The van der Waals surface area contributed by atoms with Crippen molar-refractivity contribution in [1.82, 2.24) is 0 Å². The number of hydrogen-bond acceptors (Lipinski definition) is 1. The second kappa shape index (κ2) is 5.88. The summed E-state index contributed by atoms with van der Waals surface area (Å²) in [5.41, 5.74) is 0.400. The van der Waals surface area contributed by atoms with Gasteiger partial charge >= 0.3 is 5.97 Å². The number of carboxylic acids is 1. The summed E-state index contributed by atoms with van der Waals surface area (Å²) < 4.78 is 0. The lowest BCUT2D eigenvalue weighted by Gasteiger charge is -2.45. The second-order valence-corrected chi connectivity index (χ2v) is 6.15. The zero-order valence-electron chi connectivity index (χ0n) is 10.9. The molecule has 0 spiro atoms. The smallest absolute Gasteiger partial charge is 0.303 e. The molecule has 2 rings (SSSR count). The minimum Gasteiger partial charge on any atom is -0.481 e. The van der Waals surface area contributed by atoms with Crippen LogP contribution in [0.3, 0.4) is 0 Å². The van der Waals surface area contributed by atoms with Gasteiger partial charge in [-0.05, 0) is 43.4 Å². The van der Waals surface area contributed by atoms with Crippen molar-refractivity contribution in [2.45, 2.75) is 77.0 Å². The van der Waals surface area contributed by atoms with Crippen LogP contribution in [0.4, 0.5) is 0 Å². The molecule has 0 aromatic rings. The van der Waals surface area contributed by atoms with Gasteiger partial charge in [0.15, 0.2) is 0 Å². The summed E-state index contributed by atoms with van der Waals surface area (Å²) in [6.07, 6.45) is 14.8. The van der Waals surface area contributed by atoms with Gasteiger partial charge in [-0.1, -0.05) is 38.5 Å². The average Bonchev–Trinajstić information content (AvgIpc) is 2.39. The molecule has 2 aliphatic carbocycles. The fraction of sp³-hybridized carbons (Fsp3) is 0.933. The highest BCUT2D eigenvalue weighted by molar-refractivity contribution is 5.66. The van der Waals surface area contributed by atoms with Crippen LogP contribution in [-0.4, -0.2) is 11.1 Å². The summed E-state index contributed by atoms with van der Waals surface area (Å²) in [5, 5.41) is 8.96. The van der Waals surface area contributed by atoms with Gasteiger partial charge in [-0.15, -0.1) is 0 Å². The first kappa shape index (κ1) is 12.9. The van der Waals surface area contributed by atoms with Crippen molar-refractivity contribution < 1.29 is 9.90 Å². The minimum absolute atomic E-state index is 0.385. The van der Waals surface area contributed by atoms with Crippen LogP contribution in [0.5, 0.6) is 0 Å². The van der Waals surface area contributed by atoms with Crippen molar-refractivity contribution in [3.63, 3.8) is 0 Å². The summed E-state index contributed by atoms with van der Waals surface area (Å²) >= 11 is 0. The van der Waals surface area contributed by atoms with E-state index in [-0.39, 0.29) is 0 Å². The van der Waals surface area contributed by atoms with E-state index in [1.807, 2.05) is 0 Å². The zero-order chi connectivity index (χ0) is 12.1. The molecule has 0 aliphatic heterocycles. The summed E-state index contributed by atoms with van der Waals surface area (Å²) in [6, 6.07) is 0. The molecule has 0 saturated heterocycles. The molecule has 1 N–H and O–H groups in total. The molecule has 2 saturated carbocycles. The van der Waals surface area contributed by atoms with Gasteiger partial charge in [0.1, 0.15) is 0 Å². The van der Waals surface area contributed by atoms with Gasteiger partial charge in [0.25, 0.3) is 0 Å². The van der Waals surface area contributed by atoms with Gasteiger partial charge in [-0.2, -0.15) is 0 Å². The Morgan fingerprint density at radius 3 is 2.18 bits per heavy atom. The number of aliphatic carboxylic acids is 1. The largest absolute Gasteiger partial charge is 0.481 e. The second-order valence-electron chi connectivity index (χ2n) is 6.15.